The Morgan fingerprint density at radius 2 is 1.85 bits per heavy atom. The van der Waals surface area contributed by atoms with Crippen LogP contribution in [0.4, 0.5) is 17.2 Å². The number of nitrogen functional groups attached to an aromatic ring is 1. The first-order chi connectivity index (χ1) is 16.4. The van der Waals surface area contributed by atoms with Gasteiger partial charge in [0.25, 0.3) is 17.5 Å². The Bertz CT molecular complexity index is 1240. The predicted molar refractivity (Wildman–Crippen MR) is 127 cm³/mol. The van der Waals surface area contributed by atoms with Crippen molar-refractivity contribution < 1.29 is 14.5 Å². The number of anilines is 2. The van der Waals surface area contributed by atoms with Gasteiger partial charge in [0.2, 0.25) is 0 Å². The number of hydrogen-bond acceptors (Lipinski definition) is 7. The lowest BCUT2D eigenvalue weighted by Gasteiger charge is -2.32. The lowest BCUT2D eigenvalue weighted by molar-refractivity contribution is -0.384. The van der Waals surface area contributed by atoms with Crippen LogP contribution in [0.2, 0.25) is 0 Å². The molecular weight excluding hydrogens is 436 g/mol. The number of nitrogens with one attached hydrogen (secondary N) is 1. The van der Waals surface area contributed by atoms with Gasteiger partial charge in [-0.05, 0) is 35.9 Å². The highest BCUT2D eigenvalue weighted by molar-refractivity contribution is 5.99. The van der Waals surface area contributed by atoms with E-state index >= 15 is 0 Å². The number of nitro benzene ring substituents is 1. The molecule has 0 spiro atoms. The van der Waals surface area contributed by atoms with E-state index in [2.05, 4.69) is 10.3 Å². The van der Waals surface area contributed by atoms with Gasteiger partial charge in [0, 0.05) is 43.3 Å². The quantitative estimate of drug-likeness (QED) is 0.329. The molecule has 0 bridgehead atoms. The first-order valence-electron chi connectivity index (χ1n) is 10.5. The molecule has 0 fully saturated rings. The Hall–Kier alpha value is -4.73. The summed E-state index contributed by atoms with van der Waals surface area (Å²) in [5, 5.41) is 13.5. The first kappa shape index (κ1) is 22.5. The van der Waals surface area contributed by atoms with E-state index in [0.29, 0.717) is 35.8 Å². The van der Waals surface area contributed by atoms with Gasteiger partial charge in [-0.1, -0.05) is 24.3 Å². The molecule has 3 N–H and O–H groups in total. The summed E-state index contributed by atoms with van der Waals surface area (Å²) in [4.78, 5) is 43.4. The number of para-hydroxylation sites is 1. The minimum absolute atomic E-state index is 0.00544. The second kappa shape index (κ2) is 9.82. The number of benzene rings is 2. The minimum atomic E-state index is -0.473. The topological polar surface area (TPSA) is 135 Å². The molecule has 1 aromatic heterocycles. The molecule has 0 aliphatic carbocycles. The molecule has 0 radical (unpaired) electrons. The summed E-state index contributed by atoms with van der Waals surface area (Å²) in [5.41, 5.74) is 7.93. The number of nitro groups is 1. The standard InChI is InChI=1S/C24H22N6O4/c25-21-5-2-1-4-20(21)24(32)29-13-3-12-28(16-29)22-11-8-18(15-26-22)23(31)27-14-17-6-9-19(10-7-17)30(33)34/h1-12,15H,13-14,16,25H2,(H,27,31). The summed E-state index contributed by atoms with van der Waals surface area (Å²) >= 11 is 0. The van der Waals surface area contributed by atoms with Crippen LogP contribution in [0.3, 0.4) is 0 Å². The summed E-state index contributed by atoms with van der Waals surface area (Å²) in [5.74, 6) is 0.0966. The fourth-order valence-electron chi connectivity index (χ4n) is 3.46. The number of nitrogens with two attached hydrogens (primary N) is 1. The van der Waals surface area contributed by atoms with Gasteiger partial charge in [-0.2, -0.15) is 0 Å². The third kappa shape index (κ3) is 5.01. The third-order valence-electron chi connectivity index (χ3n) is 5.32. The van der Waals surface area contributed by atoms with E-state index in [4.69, 9.17) is 5.73 Å². The van der Waals surface area contributed by atoms with Gasteiger partial charge in [0.05, 0.1) is 22.7 Å². The van der Waals surface area contributed by atoms with Gasteiger partial charge in [-0.15, -0.1) is 0 Å². The van der Waals surface area contributed by atoms with E-state index in [0.717, 1.165) is 5.56 Å². The fourth-order valence-corrected chi connectivity index (χ4v) is 3.46. The van der Waals surface area contributed by atoms with E-state index in [1.807, 2.05) is 12.3 Å². The van der Waals surface area contributed by atoms with E-state index < -0.39 is 4.92 Å². The second-order valence-corrected chi connectivity index (χ2v) is 7.62. The molecule has 0 unspecified atom stereocenters. The van der Waals surface area contributed by atoms with Gasteiger partial charge in [-0.25, -0.2) is 4.98 Å². The van der Waals surface area contributed by atoms with E-state index in [1.165, 1.54) is 18.3 Å². The molecule has 0 saturated carbocycles. The van der Waals surface area contributed by atoms with E-state index in [1.54, 1.807) is 58.3 Å². The van der Waals surface area contributed by atoms with Crippen LogP contribution in [0.25, 0.3) is 0 Å². The van der Waals surface area contributed by atoms with Crippen molar-refractivity contribution in [3.8, 4) is 0 Å². The molecular formula is C24H22N6O4. The van der Waals surface area contributed by atoms with Gasteiger partial charge in [0.1, 0.15) is 5.82 Å². The summed E-state index contributed by atoms with van der Waals surface area (Å²) in [7, 11) is 0. The molecule has 10 nitrogen and oxygen atoms in total. The molecule has 0 saturated heterocycles. The van der Waals surface area contributed by atoms with Crippen molar-refractivity contribution in [3.05, 3.63) is 106 Å². The number of rotatable bonds is 6. The van der Waals surface area contributed by atoms with Crippen LogP contribution in [-0.4, -0.2) is 39.8 Å². The van der Waals surface area contributed by atoms with Crippen LogP contribution in [0.5, 0.6) is 0 Å². The van der Waals surface area contributed by atoms with Crippen molar-refractivity contribution >= 4 is 29.0 Å². The summed E-state index contributed by atoms with van der Waals surface area (Å²) in [6.45, 7) is 0.974. The minimum Gasteiger partial charge on any atom is -0.398 e. The maximum absolute atomic E-state index is 12.9. The Kier molecular flexibility index (Phi) is 6.49. The summed E-state index contributed by atoms with van der Waals surface area (Å²) in [6, 6.07) is 16.3. The largest absolute Gasteiger partial charge is 0.398 e. The summed E-state index contributed by atoms with van der Waals surface area (Å²) < 4.78 is 0. The number of aromatic nitrogens is 1. The van der Waals surface area contributed by atoms with Crippen molar-refractivity contribution in [2.45, 2.75) is 6.54 Å². The molecule has 3 aromatic rings. The molecule has 2 amide bonds. The van der Waals surface area contributed by atoms with Crippen LogP contribution in [-0.2, 0) is 6.54 Å². The lowest BCUT2D eigenvalue weighted by Crippen LogP contribution is -2.43. The van der Waals surface area contributed by atoms with Crippen molar-refractivity contribution in [1.82, 2.24) is 15.2 Å². The van der Waals surface area contributed by atoms with Crippen molar-refractivity contribution in [3.63, 3.8) is 0 Å². The number of carbonyl (C=O) groups is 2. The SMILES string of the molecule is Nc1ccccc1C(=O)N1CC=CN(c2ccc(C(=O)NCc3ccc([N+](=O)[O-])cc3)cn2)C1. The van der Waals surface area contributed by atoms with Crippen LogP contribution in [0, 0.1) is 10.1 Å². The molecule has 2 aromatic carbocycles. The van der Waals surface area contributed by atoms with Gasteiger partial charge in [-0.3, -0.25) is 19.7 Å². The normalized spacial score (nSPS) is 12.9. The maximum Gasteiger partial charge on any atom is 0.269 e. The number of nitrogens with zero attached hydrogens (tertiary/aromatic N) is 4. The highest BCUT2D eigenvalue weighted by Gasteiger charge is 2.22. The zero-order valence-corrected chi connectivity index (χ0v) is 18.1. The average Bonchev–Trinajstić information content (AvgIpc) is 2.87. The molecule has 10 heteroatoms. The van der Waals surface area contributed by atoms with Gasteiger partial charge < -0.3 is 20.9 Å². The van der Waals surface area contributed by atoms with Crippen LogP contribution < -0.4 is 16.0 Å². The number of carbonyl (C=O) groups excluding carboxylic acids is 2. The number of amides is 2. The Labute approximate surface area is 195 Å². The van der Waals surface area contributed by atoms with Crippen LogP contribution in [0.15, 0.2) is 79.1 Å². The Balaban J connectivity index is 1.37. The Morgan fingerprint density at radius 3 is 2.53 bits per heavy atom. The molecule has 34 heavy (non-hydrogen) atoms. The number of non-ortho nitro benzene ring substituents is 1. The van der Waals surface area contributed by atoms with Crippen molar-refractivity contribution in [1.29, 1.82) is 0 Å². The molecule has 0 atom stereocenters. The lowest BCUT2D eigenvalue weighted by atomic mass is 10.1. The first-order valence-corrected chi connectivity index (χ1v) is 10.5. The van der Waals surface area contributed by atoms with Crippen LogP contribution >= 0.6 is 0 Å². The highest BCUT2D eigenvalue weighted by Crippen LogP contribution is 2.19. The third-order valence-corrected chi connectivity index (χ3v) is 5.32. The zero-order chi connectivity index (χ0) is 24.1. The molecule has 1 aliphatic heterocycles. The number of hydrogen-bond donors (Lipinski definition) is 2. The molecule has 4 rings (SSSR count). The molecule has 172 valence electrons. The maximum atomic E-state index is 12.9. The average molecular weight is 458 g/mol. The van der Waals surface area contributed by atoms with Gasteiger partial charge in [0.15, 0.2) is 0 Å². The summed E-state index contributed by atoms with van der Waals surface area (Å²) in [6.07, 6.45) is 5.16. The Morgan fingerprint density at radius 1 is 1.09 bits per heavy atom. The van der Waals surface area contributed by atoms with Crippen LogP contribution in [0.1, 0.15) is 26.3 Å². The highest BCUT2D eigenvalue weighted by atomic mass is 16.6. The smallest absolute Gasteiger partial charge is 0.269 e. The number of pyridine rings is 1. The van der Waals surface area contributed by atoms with Crippen molar-refractivity contribution in [2.75, 3.05) is 23.8 Å². The fraction of sp³-hybridized carbons (Fsp3) is 0.125. The molecule has 1 aliphatic rings. The monoisotopic (exact) mass is 458 g/mol. The second-order valence-electron chi connectivity index (χ2n) is 7.62. The zero-order valence-electron chi connectivity index (χ0n) is 18.1. The van der Waals surface area contributed by atoms with E-state index in [-0.39, 0.29) is 24.0 Å². The van der Waals surface area contributed by atoms with Crippen molar-refractivity contribution in [2.24, 2.45) is 0 Å². The predicted octanol–water partition coefficient (Wildman–Crippen LogP) is 2.94. The van der Waals surface area contributed by atoms with Gasteiger partial charge >= 0.3 is 0 Å². The molecule has 2 heterocycles. The van der Waals surface area contributed by atoms with E-state index in [9.17, 15) is 19.7 Å².